The number of halogens is 1. The quantitative estimate of drug-likeness (QED) is 0.828. The number of nitrogens with zero attached hydrogens (tertiary/aromatic N) is 2. The molecule has 1 N–H and O–H groups in total. The molecule has 0 bridgehead atoms. The van der Waals surface area contributed by atoms with Gasteiger partial charge in [0.2, 0.25) is 5.95 Å². The zero-order valence-corrected chi connectivity index (χ0v) is 10.9. The van der Waals surface area contributed by atoms with E-state index in [0.717, 1.165) is 31.1 Å². The van der Waals surface area contributed by atoms with Crippen molar-refractivity contribution >= 4 is 17.7 Å². The molecule has 0 saturated carbocycles. The van der Waals surface area contributed by atoms with Gasteiger partial charge >= 0.3 is 0 Å². The van der Waals surface area contributed by atoms with Crippen LogP contribution < -0.4 is 5.32 Å². The summed E-state index contributed by atoms with van der Waals surface area (Å²) in [7, 11) is 0. The number of hydrogen-bond acceptors (Lipinski definition) is 4. The molecule has 1 aliphatic rings. The number of aromatic nitrogens is 1. The molecule has 0 aromatic carbocycles. The Hall–Kier alpha value is -1.14. The maximum atomic E-state index is 12.6. The monoisotopic (exact) mass is 269 g/mol. The van der Waals surface area contributed by atoms with Crippen molar-refractivity contribution in [2.75, 3.05) is 37.7 Å². The molecule has 1 saturated heterocycles. The van der Waals surface area contributed by atoms with Crippen LogP contribution in [-0.4, -0.2) is 53.5 Å². The van der Waals surface area contributed by atoms with Crippen LogP contribution in [0.4, 0.5) is 4.39 Å². The van der Waals surface area contributed by atoms with Gasteiger partial charge < -0.3 is 5.32 Å². The molecule has 1 fully saturated rings. The maximum Gasteiger partial charge on any atom is 0.252 e. The third kappa shape index (κ3) is 3.96. The number of thioether (sulfide) groups is 1. The van der Waals surface area contributed by atoms with Gasteiger partial charge in [-0.25, -0.2) is 4.98 Å². The Kier molecular flexibility index (Phi) is 4.95. The first-order valence-corrected chi connectivity index (χ1v) is 7.11. The van der Waals surface area contributed by atoms with Gasteiger partial charge in [0.1, 0.15) is 0 Å². The molecule has 2 heterocycles. The van der Waals surface area contributed by atoms with Gasteiger partial charge in [0.25, 0.3) is 5.91 Å². The minimum absolute atomic E-state index is 0.200. The Morgan fingerprint density at radius 3 is 2.89 bits per heavy atom. The number of amides is 1. The highest BCUT2D eigenvalue weighted by atomic mass is 32.2. The highest BCUT2D eigenvalue weighted by molar-refractivity contribution is 7.99. The number of rotatable bonds is 4. The van der Waals surface area contributed by atoms with Crippen molar-refractivity contribution < 1.29 is 9.18 Å². The summed E-state index contributed by atoms with van der Waals surface area (Å²) < 4.78 is 12.6. The van der Waals surface area contributed by atoms with Crippen molar-refractivity contribution in [3.63, 3.8) is 0 Å². The molecule has 1 aromatic heterocycles. The van der Waals surface area contributed by atoms with Crippen molar-refractivity contribution in [3.8, 4) is 0 Å². The smallest absolute Gasteiger partial charge is 0.252 e. The Labute approximate surface area is 110 Å². The lowest BCUT2D eigenvalue weighted by atomic mass is 10.2. The first-order chi connectivity index (χ1) is 8.75. The van der Waals surface area contributed by atoms with Crippen molar-refractivity contribution in [2.45, 2.75) is 0 Å². The highest BCUT2D eigenvalue weighted by Gasteiger charge is 2.11. The molecule has 0 radical (unpaired) electrons. The number of pyridine rings is 1. The Bertz CT molecular complexity index is 393. The minimum atomic E-state index is -0.572. The Morgan fingerprint density at radius 1 is 1.44 bits per heavy atom. The molecule has 6 heteroatoms. The van der Waals surface area contributed by atoms with Crippen LogP contribution >= 0.6 is 11.8 Å². The van der Waals surface area contributed by atoms with Gasteiger partial charge in [-0.2, -0.15) is 16.2 Å². The van der Waals surface area contributed by atoms with Crippen molar-refractivity contribution in [3.05, 3.63) is 29.8 Å². The van der Waals surface area contributed by atoms with Crippen molar-refractivity contribution in [2.24, 2.45) is 0 Å². The summed E-state index contributed by atoms with van der Waals surface area (Å²) in [5.41, 5.74) is 0.394. The standard InChI is InChI=1S/C12H16FN3OS/c13-11-2-1-10(9-15-11)12(17)14-3-4-16-5-7-18-8-6-16/h1-2,9H,3-8H2,(H,14,17). The van der Waals surface area contributed by atoms with Crippen LogP contribution in [0.1, 0.15) is 10.4 Å². The number of nitrogens with one attached hydrogen (secondary N) is 1. The van der Waals surface area contributed by atoms with E-state index in [1.54, 1.807) is 0 Å². The van der Waals surface area contributed by atoms with Gasteiger partial charge in [0.05, 0.1) is 5.56 Å². The van der Waals surface area contributed by atoms with Crippen molar-refractivity contribution in [1.82, 2.24) is 15.2 Å². The van der Waals surface area contributed by atoms with Gasteiger partial charge in [-0.15, -0.1) is 0 Å². The predicted octanol–water partition coefficient (Wildman–Crippen LogP) is 0.999. The average molecular weight is 269 g/mol. The van der Waals surface area contributed by atoms with E-state index in [1.807, 2.05) is 11.8 Å². The lowest BCUT2D eigenvalue weighted by Crippen LogP contribution is -2.39. The predicted molar refractivity (Wildman–Crippen MR) is 70.3 cm³/mol. The third-order valence-corrected chi connectivity index (χ3v) is 3.75. The summed E-state index contributed by atoms with van der Waals surface area (Å²) in [5, 5.41) is 2.82. The third-order valence-electron chi connectivity index (χ3n) is 2.81. The molecule has 18 heavy (non-hydrogen) atoms. The maximum absolute atomic E-state index is 12.6. The van der Waals surface area contributed by atoms with Gasteiger partial charge in [-0.3, -0.25) is 9.69 Å². The molecule has 0 aliphatic carbocycles. The summed E-state index contributed by atoms with van der Waals surface area (Å²) in [5.74, 6) is 1.55. The topological polar surface area (TPSA) is 45.2 Å². The summed E-state index contributed by atoms with van der Waals surface area (Å²) in [6, 6.07) is 2.63. The van der Waals surface area contributed by atoms with Crippen LogP contribution in [0.5, 0.6) is 0 Å². The van der Waals surface area contributed by atoms with Crippen LogP contribution in [-0.2, 0) is 0 Å². The van der Waals surface area contributed by atoms with E-state index in [2.05, 4.69) is 15.2 Å². The average Bonchev–Trinajstić information content (AvgIpc) is 2.40. The number of carbonyl (C=O) groups excluding carboxylic acids is 1. The summed E-state index contributed by atoms with van der Waals surface area (Å²) in [4.78, 5) is 17.5. The van der Waals surface area contributed by atoms with Crippen molar-refractivity contribution in [1.29, 1.82) is 0 Å². The molecule has 0 unspecified atom stereocenters. The fourth-order valence-electron chi connectivity index (χ4n) is 1.76. The second-order valence-corrected chi connectivity index (χ2v) is 5.30. The summed E-state index contributed by atoms with van der Waals surface area (Å²) in [6.45, 7) is 3.64. The van der Waals surface area contributed by atoms with Gasteiger partial charge in [0, 0.05) is 43.9 Å². The molecule has 1 aliphatic heterocycles. The molecule has 98 valence electrons. The van der Waals surface area contributed by atoms with E-state index in [9.17, 15) is 9.18 Å². The molecular weight excluding hydrogens is 253 g/mol. The minimum Gasteiger partial charge on any atom is -0.351 e. The SMILES string of the molecule is O=C(NCCN1CCSCC1)c1ccc(F)nc1. The second kappa shape index (κ2) is 6.70. The molecule has 1 amide bonds. The van der Waals surface area contributed by atoms with Gasteiger partial charge in [-0.05, 0) is 12.1 Å². The first kappa shape index (κ1) is 13.3. The summed E-state index contributed by atoms with van der Waals surface area (Å²) >= 11 is 1.96. The van der Waals surface area contributed by atoms with Crippen LogP contribution in [0, 0.1) is 5.95 Å². The first-order valence-electron chi connectivity index (χ1n) is 5.95. The summed E-state index contributed by atoms with van der Waals surface area (Å²) in [6.07, 6.45) is 1.25. The van der Waals surface area contributed by atoms with Gasteiger partial charge in [-0.1, -0.05) is 0 Å². The lowest BCUT2D eigenvalue weighted by molar-refractivity contribution is 0.0948. The van der Waals surface area contributed by atoms with Crippen LogP contribution in [0.2, 0.25) is 0 Å². The van der Waals surface area contributed by atoms with E-state index < -0.39 is 5.95 Å². The molecule has 0 atom stereocenters. The van der Waals surface area contributed by atoms with E-state index >= 15 is 0 Å². The molecular formula is C12H16FN3OS. The number of carbonyl (C=O) groups is 1. The van der Waals surface area contributed by atoms with E-state index in [0.29, 0.717) is 12.1 Å². The van der Waals surface area contributed by atoms with E-state index in [4.69, 9.17) is 0 Å². The van der Waals surface area contributed by atoms with Crippen LogP contribution in [0.25, 0.3) is 0 Å². The van der Waals surface area contributed by atoms with E-state index in [-0.39, 0.29) is 5.91 Å². The Morgan fingerprint density at radius 2 is 2.22 bits per heavy atom. The lowest BCUT2D eigenvalue weighted by Gasteiger charge is -2.25. The fourth-order valence-corrected chi connectivity index (χ4v) is 2.74. The molecule has 0 spiro atoms. The Balaban J connectivity index is 1.72. The largest absolute Gasteiger partial charge is 0.351 e. The fraction of sp³-hybridized carbons (Fsp3) is 0.500. The molecule has 2 rings (SSSR count). The van der Waals surface area contributed by atoms with Crippen LogP contribution in [0.3, 0.4) is 0 Å². The van der Waals surface area contributed by atoms with Gasteiger partial charge in [0.15, 0.2) is 0 Å². The van der Waals surface area contributed by atoms with E-state index in [1.165, 1.54) is 18.3 Å². The second-order valence-electron chi connectivity index (χ2n) is 4.08. The molecule has 4 nitrogen and oxygen atoms in total. The normalized spacial score (nSPS) is 16.5. The highest BCUT2D eigenvalue weighted by Crippen LogP contribution is 2.08. The van der Waals surface area contributed by atoms with Crippen LogP contribution in [0.15, 0.2) is 18.3 Å². The zero-order valence-electron chi connectivity index (χ0n) is 10.1. The molecule has 1 aromatic rings. The number of hydrogen-bond donors (Lipinski definition) is 1. The zero-order chi connectivity index (χ0) is 12.8.